The first kappa shape index (κ1) is 20.0. The maximum atomic E-state index is 13.0. The summed E-state index contributed by atoms with van der Waals surface area (Å²) >= 11 is 1.19. The zero-order chi connectivity index (χ0) is 21.1. The van der Waals surface area contributed by atoms with E-state index in [1.807, 2.05) is 30.3 Å². The van der Waals surface area contributed by atoms with E-state index >= 15 is 0 Å². The molecule has 0 radical (unpaired) electrons. The van der Waals surface area contributed by atoms with Crippen molar-refractivity contribution in [3.05, 3.63) is 84.2 Å². The number of carbonyl (C=O) groups is 1. The topological polar surface area (TPSA) is 92.3 Å². The predicted octanol–water partition coefficient (Wildman–Crippen LogP) is 3.76. The molecule has 1 N–H and O–H groups in total. The number of carbonyl (C=O) groups excluding carboxylic acids is 1. The Labute approximate surface area is 178 Å². The summed E-state index contributed by atoms with van der Waals surface area (Å²) in [5.74, 6) is -0.291. The number of hydrogen-bond donors (Lipinski definition) is 1. The van der Waals surface area contributed by atoms with Crippen LogP contribution in [0.2, 0.25) is 0 Å². The highest BCUT2D eigenvalue weighted by Crippen LogP contribution is 2.26. The first-order valence-corrected chi connectivity index (χ1v) is 11.3. The van der Waals surface area contributed by atoms with E-state index in [0.717, 1.165) is 10.3 Å². The van der Waals surface area contributed by atoms with Crippen LogP contribution >= 0.6 is 11.5 Å². The monoisotopic (exact) mass is 438 g/mol. The summed E-state index contributed by atoms with van der Waals surface area (Å²) in [4.78, 5) is 18.6. The molecule has 1 amide bonds. The molecule has 0 bridgehead atoms. The van der Waals surface area contributed by atoms with Crippen LogP contribution in [0.15, 0.2) is 78.1 Å². The Bertz CT molecular complexity index is 1300. The number of benzene rings is 2. The molecule has 30 heavy (non-hydrogen) atoms. The molecule has 0 fully saturated rings. The fourth-order valence-corrected chi connectivity index (χ4v) is 4.99. The number of anilines is 1. The lowest BCUT2D eigenvalue weighted by Crippen LogP contribution is -2.27. The van der Waals surface area contributed by atoms with Gasteiger partial charge in [-0.15, -0.1) is 0 Å². The number of nitrogens with zero attached hydrogens (tertiary/aromatic N) is 3. The van der Waals surface area contributed by atoms with Gasteiger partial charge in [-0.1, -0.05) is 42.5 Å². The molecule has 0 aliphatic rings. The smallest absolute Gasteiger partial charge is 0.280 e. The molecular formula is C21H18N4O3S2. The number of hydrogen-bond acceptors (Lipinski definition) is 6. The molecule has 0 saturated heterocycles. The minimum Gasteiger partial charge on any atom is -0.337 e. The zero-order valence-electron chi connectivity index (χ0n) is 16.0. The van der Waals surface area contributed by atoms with Crippen molar-refractivity contribution in [1.82, 2.24) is 14.3 Å². The number of amides is 1. The molecule has 7 nitrogen and oxygen atoms in total. The van der Waals surface area contributed by atoms with Gasteiger partial charge in [0.2, 0.25) is 0 Å². The van der Waals surface area contributed by atoms with Gasteiger partial charge in [0.15, 0.2) is 5.03 Å². The van der Waals surface area contributed by atoms with Crippen molar-refractivity contribution >= 4 is 43.2 Å². The summed E-state index contributed by atoms with van der Waals surface area (Å²) in [6.07, 6.45) is 2.91. The van der Waals surface area contributed by atoms with E-state index in [1.165, 1.54) is 23.9 Å². The van der Waals surface area contributed by atoms with Crippen molar-refractivity contribution in [2.75, 3.05) is 11.8 Å². The summed E-state index contributed by atoms with van der Waals surface area (Å²) in [6, 6.07) is 17.8. The second-order valence-electron chi connectivity index (χ2n) is 6.65. The van der Waals surface area contributed by atoms with Crippen LogP contribution in [-0.2, 0) is 16.6 Å². The Hall–Kier alpha value is -3.30. The van der Waals surface area contributed by atoms with Crippen molar-refractivity contribution < 1.29 is 13.2 Å². The van der Waals surface area contributed by atoms with Gasteiger partial charge >= 0.3 is 0 Å². The molecule has 2 aromatic heterocycles. The SMILES string of the molecule is CN(Cc1ccccc1)C(=O)c1ccccc1NS(=O)(=O)c1nccc2sncc12. The third-order valence-electron chi connectivity index (χ3n) is 4.51. The van der Waals surface area contributed by atoms with Crippen LogP contribution in [0, 0.1) is 0 Å². The number of para-hydroxylation sites is 1. The first-order valence-electron chi connectivity index (χ1n) is 9.06. The zero-order valence-corrected chi connectivity index (χ0v) is 17.7. The summed E-state index contributed by atoms with van der Waals surface area (Å²) in [5.41, 5.74) is 1.44. The van der Waals surface area contributed by atoms with Crippen LogP contribution < -0.4 is 4.72 Å². The summed E-state index contributed by atoms with van der Waals surface area (Å²) in [7, 11) is -2.34. The molecule has 2 aromatic carbocycles. The van der Waals surface area contributed by atoms with Gasteiger partial charge in [-0.05, 0) is 35.3 Å². The van der Waals surface area contributed by atoms with Gasteiger partial charge in [0, 0.05) is 19.8 Å². The molecule has 0 saturated carbocycles. The lowest BCUT2D eigenvalue weighted by Gasteiger charge is -2.19. The number of sulfonamides is 1. The summed E-state index contributed by atoms with van der Waals surface area (Å²) in [5, 5.41) is 0.327. The van der Waals surface area contributed by atoms with Gasteiger partial charge in [-0.25, -0.2) is 4.98 Å². The Balaban J connectivity index is 1.63. The van der Waals surface area contributed by atoms with Crippen molar-refractivity contribution in [3.8, 4) is 0 Å². The van der Waals surface area contributed by atoms with E-state index in [9.17, 15) is 13.2 Å². The van der Waals surface area contributed by atoms with Crippen LogP contribution in [0.3, 0.4) is 0 Å². The second-order valence-corrected chi connectivity index (χ2v) is 9.08. The molecule has 4 rings (SSSR count). The highest BCUT2D eigenvalue weighted by atomic mass is 32.2. The molecule has 2 heterocycles. The Morgan fingerprint density at radius 2 is 1.80 bits per heavy atom. The molecule has 0 aliphatic heterocycles. The third-order valence-corrected chi connectivity index (χ3v) is 6.60. The third kappa shape index (κ3) is 4.03. The van der Waals surface area contributed by atoms with E-state index in [4.69, 9.17) is 0 Å². The molecule has 9 heteroatoms. The van der Waals surface area contributed by atoms with Crippen LogP contribution in [0.25, 0.3) is 10.1 Å². The predicted molar refractivity (Wildman–Crippen MR) is 117 cm³/mol. The normalized spacial score (nSPS) is 11.4. The van der Waals surface area contributed by atoms with Crippen LogP contribution in [-0.4, -0.2) is 35.6 Å². The summed E-state index contributed by atoms with van der Waals surface area (Å²) < 4.78 is 33.3. The maximum absolute atomic E-state index is 13.0. The van der Waals surface area contributed by atoms with E-state index in [2.05, 4.69) is 14.1 Å². The molecule has 0 spiro atoms. The van der Waals surface area contributed by atoms with Crippen molar-refractivity contribution in [2.45, 2.75) is 11.6 Å². The van der Waals surface area contributed by atoms with Gasteiger partial charge in [0.1, 0.15) is 0 Å². The van der Waals surface area contributed by atoms with Crippen molar-refractivity contribution in [1.29, 1.82) is 0 Å². The Kier molecular flexibility index (Phi) is 5.47. The van der Waals surface area contributed by atoms with E-state index in [-0.39, 0.29) is 22.2 Å². The Morgan fingerprint density at radius 3 is 2.60 bits per heavy atom. The van der Waals surface area contributed by atoms with Crippen LogP contribution in [0.5, 0.6) is 0 Å². The highest BCUT2D eigenvalue weighted by Gasteiger charge is 2.23. The number of nitrogens with one attached hydrogen (secondary N) is 1. The van der Waals surface area contributed by atoms with E-state index in [0.29, 0.717) is 11.9 Å². The molecular weight excluding hydrogens is 420 g/mol. The highest BCUT2D eigenvalue weighted by molar-refractivity contribution is 7.92. The molecule has 0 aliphatic carbocycles. The fourth-order valence-electron chi connectivity index (χ4n) is 3.07. The first-order chi connectivity index (χ1) is 14.5. The van der Waals surface area contributed by atoms with Crippen LogP contribution in [0.1, 0.15) is 15.9 Å². The number of rotatable bonds is 6. The average molecular weight is 439 g/mol. The number of pyridine rings is 1. The van der Waals surface area contributed by atoms with Crippen LogP contribution in [0.4, 0.5) is 5.69 Å². The molecule has 0 atom stereocenters. The fraction of sp³-hybridized carbons (Fsp3) is 0.0952. The van der Waals surface area contributed by atoms with Crippen molar-refractivity contribution in [2.24, 2.45) is 0 Å². The second kappa shape index (κ2) is 8.21. The number of aromatic nitrogens is 2. The largest absolute Gasteiger partial charge is 0.337 e. The lowest BCUT2D eigenvalue weighted by atomic mass is 10.1. The van der Waals surface area contributed by atoms with Gasteiger partial charge in [0.05, 0.1) is 27.5 Å². The van der Waals surface area contributed by atoms with E-state index in [1.54, 1.807) is 42.3 Å². The molecule has 0 unspecified atom stereocenters. The van der Waals surface area contributed by atoms with Gasteiger partial charge < -0.3 is 4.90 Å². The van der Waals surface area contributed by atoms with Gasteiger partial charge in [-0.2, -0.15) is 12.8 Å². The minimum absolute atomic E-state index is 0.117. The maximum Gasteiger partial charge on any atom is 0.280 e. The van der Waals surface area contributed by atoms with Crippen molar-refractivity contribution in [3.63, 3.8) is 0 Å². The average Bonchev–Trinajstić information content (AvgIpc) is 3.23. The standard InChI is InChI=1S/C21H18N4O3S2/c1-25(14-15-7-3-2-4-8-15)21(26)16-9-5-6-10-18(16)24-30(27,28)20-17-13-23-29-19(17)11-12-22-20/h2-13,24H,14H2,1H3. The quantitative estimate of drug-likeness (QED) is 0.495. The molecule has 4 aromatic rings. The van der Waals surface area contributed by atoms with E-state index < -0.39 is 10.0 Å². The Morgan fingerprint density at radius 1 is 1.07 bits per heavy atom. The lowest BCUT2D eigenvalue weighted by molar-refractivity contribution is 0.0786. The minimum atomic E-state index is -4.02. The van der Waals surface area contributed by atoms with Gasteiger partial charge in [0.25, 0.3) is 15.9 Å². The summed E-state index contributed by atoms with van der Waals surface area (Å²) in [6.45, 7) is 0.405. The van der Waals surface area contributed by atoms with Gasteiger partial charge in [-0.3, -0.25) is 9.52 Å². The molecule has 152 valence electrons. The number of fused-ring (bicyclic) bond motifs is 1.